The van der Waals surface area contributed by atoms with Crippen LogP contribution in [0.5, 0.6) is 0 Å². The molecule has 4 heteroatoms. The molecule has 2 aliphatic rings. The van der Waals surface area contributed by atoms with Crippen LogP contribution in [0.1, 0.15) is 96.8 Å². The molecule has 0 aromatic heterocycles. The van der Waals surface area contributed by atoms with E-state index in [9.17, 15) is 9.70 Å². The van der Waals surface area contributed by atoms with Crippen molar-refractivity contribution in [3.8, 4) is 0 Å². The Balaban J connectivity index is 1.76. The first kappa shape index (κ1) is 19.4. The smallest absolute Gasteiger partial charge is 0.223 e. The maximum Gasteiger partial charge on any atom is 0.223 e. The summed E-state index contributed by atoms with van der Waals surface area (Å²) in [5.74, 6) is 0.794. The third-order valence-corrected chi connectivity index (χ3v) is 6.19. The molecule has 2 aliphatic carbocycles. The number of rotatable bonds is 4. The normalized spacial score (nSPS) is 29.2. The molecule has 0 heterocycles. The van der Waals surface area contributed by atoms with Crippen molar-refractivity contribution in [1.82, 2.24) is 5.32 Å². The number of nitrogens with one attached hydrogen (secondary N) is 1. The lowest BCUT2D eigenvalue weighted by molar-refractivity contribution is -0.127. The molecule has 0 aromatic carbocycles. The van der Waals surface area contributed by atoms with Gasteiger partial charge in [-0.05, 0) is 51.4 Å². The van der Waals surface area contributed by atoms with E-state index in [1.807, 2.05) is 6.92 Å². The monoisotopic (exact) mass is 336 g/mol. The second-order valence-electron chi connectivity index (χ2n) is 8.07. The number of carbonyl (C=O) groups excluding carboxylic acids is 1. The molecule has 1 N–H and O–H groups in total. The van der Waals surface area contributed by atoms with Gasteiger partial charge in [-0.15, -0.1) is 0 Å². The lowest BCUT2D eigenvalue weighted by atomic mass is 9.78. The van der Waals surface area contributed by atoms with E-state index in [4.69, 9.17) is 0 Å². The van der Waals surface area contributed by atoms with Gasteiger partial charge in [-0.2, -0.15) is 4.91 Å². The van der Waals surface area contributed by atoms with E-state index < -0.39 is 0 Å². The Labute approximate surface area is 147 Å². The van der Waals surface area contributed by atoms with Gasteiger partial charge in [-0.3, -0.25) is 4.79 Å². The highest BCUT2D eigenvalue weighted by molar-refractivity contribution is 5.79. The number of hydrogen-bond donors (Lipinski definition) is 1. The molecule has 0 saturated heterocycles. The van der Waals surface area contributed by atoms with Gasteiger partial charge in [0.05, 0.1) is 6.04 Å². The van der Waals surface area contributed by atoms with Crippen LogP contribution in [0.2, 0.25) is 0 Å². The highest BCUT2D eigenvalue weighted by Crippen LogP contribution is 2.32. The van der Waals surface area contributed by atoms with Crippen molar-refractivity contribution in [2.75, 3.05) is 0 Å². The van der Waals surface area contributed by atoms with Crippen LogP contribution in [0.3, 0.4) is 0 Å². The summed E-state index contributed by atoms with van der Waals surface area (Å²) < 4.78 is 0. The fourth-order valence-electron chi connectivity index (χ4n) is 4.40. The van der Waals surface area contributed by atoms with E-state index in [-0.39, 0.29) is 17.9 Å². The van der Waals surface area contributed by atoms with E-state index in [1.165, 1.54) is 51.4 Å². The van der Waals surface area contributed by atoms with Gasteiger partial charge in [0.25, 0.3) is 0 Å². The van der Waals surface area contributed by atoms with Crippen LogP contribution in [0.25, 0.3) is 0 Å². The highest BCUT2D eigenvalue weighted by atomic mass is 16.3. The third-order valence-electron chi connectivity index (χ3n) is 6.19. The SMILES string of the molecule is C[C@@H](N=O)C1CCC(C(=O)NC2CCCCCCCCCC2)CC1. The van der Waals surface area contributed by atoms with Crippen molar-refractivity contribution in [2.45, 2.75) is 109 Å². The average molecular weight is 337 g/mol. The number of hydrogen-bond acceptors (Lipinski definition) is 3. The molecule has 0 unspecified atom stereocenters. The summed E-state index contributed by atoms with van der Waals surface area (Å²) in [7, 11) is 0. The second-order valence-corrected chi connectivity index (χ2v) is 8.07. The van der Waals surface area contributed by atoms with Crippen molar-refractivity contribution >= 4 is 5.91 Å². The second kappa shape index (κ2) is 10.8. The Bertz CT molecular complexity index is 366. The molecule has 0 aromatic rings. The van der Waals surface area contributed by atoms with Crippen LogP contribution >= 0.6 is 0 Å². The molecule has 4 nitrogen and oxygen atoms in total. The van der Waals surface area contributed by atoms with Crippen molar-refractivity contribution in [2.24, 2.45) is 17.0 Å². The molecule has 24 heavy (non-hydrogen) atoms. The average Bonchev–Trinajstić information content (AvgIpc) is 2.67. The van der Waals surface area contributed by atoms with Crippen LogP contribution in [0.4, 0.5) is 0 Å². The minimum absolute atomic E-state index is 0.101. The molecule has 1 atom stereocenters. The van der Waals surface area contributed by atoms with Gasteiger partial charge in [-0.1, -0.05) is 56.5 Å². The van der Waals surface area contributed by atoms with Gasteiger partial charge >= 0.3 is 0 Å². The number of nitroso groups, excluding NO2 is 1. The van der Waals surface area contributed by atoms with Crippen molar-refractivity contribution in [3.63, 3.8) is 0 Å². The summed E-state index contributed by atoms with van der Waals surface area (Å²) in [5, 5.41) is 6.53. The van der Waals surface area contributed by atoms with Gasteiger partial charge in [-0.25, -0.2) is 0 Å². The minimum Gasteiger partial charge on any atom is -0.353 e. The first-order chi connectivity index (χ1) is 11.7. The predicted molar refractivity (Wildman–Crippen MR) is 98.8 cm³/mol. The third kappa shape index (κ3) is 6.52. The summed E-state index contributed by atoms with van der Waals surface area (Å²) in [6, 6.07) is 0.278. The highest BCUT2D eigenvalue weighted by Gasteiger charge is 2.30. The van der Waals surface area contributed by atoms with E-state index in [0.29, 0.717) is 12.0 Å². The van der Waals surface area contributed by atoms with Crippen LogP contribution < -0.4 is 5.32 Å². The Morgan fingerprint density at radius 1 is 0.833 bits per heavy atom. The fourth-order valence-corrected chi connectivity index (χ4v) is 4.40. The summed E-state index contributed by atoms with van der Waals surface area (Å²) >= 11 is 0. The largest absolute Gasteiger partial charge is 0.353 e. The maximum atomic E-state index is 12.6. The van der Waals surface area contributed by atoms with Crippen molar-refractivity contribution in [3.05, 3.63) is 4.91 Å². The first-order valence-electron chi connectivity index (χ1n) is 10.3. The van der Waals surface area contributed by atoms with Crippen LogP contribution in [-0.4, -0.2) is 18.0 Å². The van der Waals surface area contributed by atoms with Crippen LogP contribution in [0, 0.1) is 16.7 Å². The van der Waals surface area contributed by atoms with Crippen molar-refractivity contribution in [1.29, 1.82) is 0 Å². The van der Waals surface area contributed by atoms with E-state index in [2.05, 4.69) is 10.5 Å². The van der Waals surface area contributed by atoms with Gasteiger partial charge in [0, 0.05) is 12.0 Å². The molecule has 0 aliphatic heterocycles. The minimum atomic E-state index is -0.101. The molecular weight excluding hydrogens is 300 g/mol. The summed E-state index contributed by atoms with van der Waals surface area (Å²) in [4.78, 5) is 23.3. The van der Waals surface area contributed by atoms with Crippen molar-refractivity contribution < 1.29 is 4.79 Å². The molecule has 2 rings (SSSR count). The zero-order chi connectivity index (χ0) is 17.2. The molecule has 138 valence electrons. The fraction of sp³-hybridized carbons (Fsp3) is 0.950. The van der Waals surface area contributed by atoms with Gasteiger partial charge in [0.15, 0.2) is 0 Å². The van der Waals surface area contributed by atoms with E-state index in [0.717, 1.165) is 38.5 Å². The van der Waals surface area contributed by atoms with Gasteiger partial charge in [0.2, 0.25) is 5.91 Å². The molecular formula is C20H36N2O2. The topological polar surface area (TPSA) is 58.5 Å². The van der Waals surface area contributed by atoms with E-state index in [1.54, 1.807) is 0 Å². The standard InChI is InChI=1S/C20H36N2O2/c1-16(22-24)17-12-14-18(15-13-17)20(23)21-19-10-8-6-4-2-3-5-7-9-11-19/h16-19H,2-15H2,1H3,(H,21,23)/t16-,17?,18?/m1/s1. The lowest BCUT2D eigenvalue weighted by Crippen LogP contribution is -2.40. The van der Waals surface area contributed by atoms with Gasteiger partial charge in [0.1, 0.15) is 0 Å². The molecule has 0 spiro atoms. The number of nitrogens with zero attached hydrogens (tertiary/aromatic N) is 1. The molecule has 0 radical (unpaired) electrons. The Morgan fingerprint density at radius 3 is 1.83 bits per heavy atom. The molecule has 2 saturated carbocycles. The lowest BCUT2D eigenvalue weighted by Gasteiger charge is -2.30. The molecule has 2 fully saturated rings. The molecule has 1 amide bonds. The van der Waals surface area contributed by atoms with Crippen LogP contribution in [-0.2, 0) is 4.79 Å². The van der Waals surface area contributed by atoms with E-state index >= 15 is 0 Å². The Hall–Kier alpha value is -0.930. The molecule has 0 bridgehead atoms. The summed E-state index contributed by atoms with van der Waals surface area (Å²) in [5.41, 5.74) is 0. The van der Waals surface area contributed by atoms with Crippen LogP contribution in [0.15, 0.2) is 5.18 Å². The zero-order valence-corrected chi connectivity index (χ0v) is 15.5. The Kier molecular flexibility index (Phi) is 8.76. The van der Waals surface area contributed by atoms with Gasteiger partial charge < -0.3 is 5.32 Å². The first-order valence-corrected chi connectivity index (χ1v) is 10.3. The maximum absolute atomic E-state index is 12.6. The Morgan fingerprint density at radius 2 is 1.33 bits per heavy atom. The number of amides is 1. The zero-order valence-electron chi connectivity index (χ0n) is 15.5. The number of carbonyl (C=O) groups is 1. The summed E-state index contributed by atoms with van der Waals surface area (Å²) in [6.07, 6.45) is 16.7. The predicted octanol–water partition coefficient (Wildman–Crippen LogP) is 5.35. The summed E-state index contributed by atoms with van der Waals surface area (Å²) in [6.45, 7) is 1.90. The quantitative estimate of drug-likeness (QED) is 0.704.